The molecule has 0 aliphatic heterocycles. The van der Waals surface area contributed by atoms with Gasteiger partial charge < -0.3 is 14.7 Å². The van der Waals surface area contributed by atoms with Crippen LogP contribution in [-0.4, -0.2) is 36.2 Å². The molecule has 0 atom stereocenters. The van der Waals surface area contributed by atoms with Gasteiger partial charge in [-0.1, -0.05) is 0 Å². The first kappa shape index (κ1) is 20.1. The van der Waals surface area contributed by atoms with Crippen molar-refractivity contribution in [1.82, 2.24) is 30.1 Å². The number of hydrogen-bond donors (Lipinski definition) is 3. The first-order valence-electron chi connectivity index (χ1n) is 10.8. The topological polar surface area (TPSA) is 108 Å². The van der Waals surface area contributed by atoms with Crippen molar-refractivity contribution in [2.45, 2.75) is 19.9 Å². The highest BCUT2D eigenvalue weighted by Gasteiger charge is 2.18. The number of hydrogen-bond acceptors (Lipinski definition) is 6. The fourth-order valence-corrected chi connectivity index (χ4v) is 4.12. The Morgan fingerprint density at radius 1 is 1.06 bits per heavy atom. The highest BCUT2D eigenvalue weighted by molar-refractivity contribution is 5.97. The maximum Gasteiger partial charge on any atom is 0.178 e. The summed E-state index contributed by atoms with van der Waals surface area (Å²) in [6.45, 7) is 4.10. The van der Waals surface area contributed by atoms with Gasteiger partial charge in [-0.3, -0.25) is 10.1 Å². The fourth-order valence-electron chi connectivity index (χ4n) is 4.12. The number of imidazole rings is 1. The molecule has 5 heterocycles. The maximum absolute atomic E-state index is 15.1. The first-order chi connectivity index (χ1) is 16.6. The third kappa shape index (κ3) is 3.38. The number of fused-ring (bicyclic) bond motifs is 2. The van der Waals surface area contributed by atoms with Crippen LogP contribution in [0.2, 0.25) is 0 Å². The third-order valence-electron chi connectivity index (χ3n) is 5.60. The summed E-state index contributed by atoms with van der Waals surface area (Å²) in [6.07, 6.45) is 8.45. The van der Waals surface area contributed by atoms with E-state index in [-0.39, 0.29) is 11.6 Å². The monoisotopic (exact) mass is 453 g/mol. The summed E-state index contributed by atoms with van der Waals surface area (Å²) in [5, 5.41) is 11.1. The molecular formula is C25H20FN7O. The van der Waals surface area contributed by atoms with Gasteiger partial charge in [0.15, 0.2) is 17.3 Å². The van der Waals surface area contributed by atoms with Crippen molar-refractivity contribution < 1.29 is 8.81 Å². The largest absolute Gasteiger partial charge is 0.472 e. The molecule has 8 nitrogen and oxygen atoms in total. The van der Waals surface area contributed by atoms with E-state index in [4.69, 9.17) is 4.42 Å². The quantitative estimate of drug-likeness (QED) is 0.305. The van der Waals surface area contributed by atoms with E-state index in [0.717, 1.165) is 27.9 Å². The van der Waals surface area contributed by atoms with Crippen LogP contribution in [0.3, 0.4) is 0 Å². The molecule has 1 aromatic carbocycles. The lowest BCUT2D eigenvalue weighted by Gasteiger charge is -2.11. The van der Waals surface area contributed by atoms with Crippen LogP contribution in [0.25, 0.3) is 55.8 Å². The number of aromatic amines is 2. The molecule has 0 bridgehead atoms. The normalized spacial score (nSPS) is 11.6. The van der Waals surface area contributed by atoms with Crippen LogP contribution in [0, 0.1) is 5.82 Å². The van der Waals surface area contributed by atoms with Gasteiger partial charge in [-0.15, -0.1) is 0 Å². The van der Waals surface area contributed by atoms with Crippen LogP contribution in [0.15, 0.2) is 65.9 Å². The van der Waals surface area contributed by atoms with E-state index in [1.807, 2.05) is 24.3 Å². The summed E-state index contributed by atoms with van der Waals surface area (Å²) in [7, 11) is 0. The predicted octanol–water partition coefficient (Wildman–Crippen LogP) is 5.78. The zero-order valence-corrected chi connectivity index (χ0v) is 18.4. The standard InChI is InChI=1S/C25H20FN7O/c1-13(2)29-17-7-16(10-27-11-17)15-8-19-21(20(26)9-15)32-33-23(19)25-30-22-18(14-4-6-34-12-14)3-5-28-24(22)31-25/h3-13,29H,1-2H3,(H,32,33)(H,28,30,31). The van der Waals surface area contributed by atoms with Crippen molar-refractivity contribution in [3.05, 3.63) is 67.3 Å². The number of anilines is 1. The van der Waals surface area contributed by atoms with E-state index in [0.29, 0.717) is 28.1 Å². The fraction of sp³-hybridized carbons (Fsp3) is 0.120. The summed E-state index contributed by atoms with van der Waals surface area (Å²) in [4.78, 5) is 16.7. The van der Waals surface area contributed by atoms with Crippen molar-refractivity contribution in [2.75, 3.05) is 5.32 Å². The summed E-state index contributed by atoms with van der Waals surface area (Å²) in [6, 6.07) is 9.34. The maximum atomic E-state index is 15.1. The van der Waals surface area contributed by atoms with Gasteiger partial charge in [0.25, 0.3) is 0 Å². The molecule has 6 rings (SSSR count). The Balaban J connectivity index is 1.49. The van der Waals surface area contributed by atoms with Crippen molar-refractivity contribution in [3.63, 3.8) is 0 Å². The number of H-pyrrole nitrogens is 2. The van der Waals surface area contributed by atoms with E-state index >= 15 is 4.39 Å². The van der Waals surface area contributed by atoms with Gasteiger partial charge in [0, 0.05) is 46.7 Å². The highest BCUT2D eigenvalue weighted by Crippen LogP contribution is 2.34. The minimum absolute atomic E-state index is 0.242. The number of pyridine rings is 2. The van der Waals surface area contributed by atoms with Gasteiger partial charge >= 0.3 is 0 Å². The number of nitrogens with one attached hydrogen (secondary N) is 3. The van der Waals surface area contributed by atoms with E-state index in [9.17, 15) is 0 Å². The lowest BCUT2D eigenvalue weighted by molar-refractivity contribution is 0.568. The number of benzene rings is 1. The molecule has 34 heavy (non-hydrogen) atoms. The Morgan fingerprint density at radius 2 is 1.97 bits per heavy atom. The summed E-state index contributed by atoms with van der Waals surface area (Å²) in [5.74, 6) is 0.0939. The van der Waals surface area contributed by atoms with Crippen LogP contribution < -0.4 is 5.32 Å². The zero-order valence-electron chi connectivity index (χ0n) is 18.4. The first-order valence-corrected chi connectivity index (χ1v) is 10.8. The number of furan rings is 1. The van der Waals surface area contributed by atoms with Gasteiger partial charge in [-0.2, -0.15) is 5.10 Å². The number of halogens is 1. The molecule has 0 fully saturated rings. The van der Waals surface area contributed by atoms with Crippen LogP contribution in [0.5, 0.6) is 0 Å². The van der Waals surface area contributed by atoms with Crippen molar-refractivity contribution >= 4 is 27.8 Å². The minimum Gasteiger partial charge on any atom is -0.472 e. The average Bonchev–Trinajstić information content (AvgIpc) is 3.57. The molecule has 0 spiro atoms. The van der Waals surface area contributed by atoms with Crippen LogP contribution in [0.4, 0.5) is 10.1 Å². The van der Waals surface area contributed by atoms with Crippen LogP contribution >= 0.6 is 0 Å². The van der Waals surface area contributed by atoms with Crippen LogP contribution in [-0.2, 0) is 0 Å². The lowest BCUT2D eigenvalue weighted by atomic mass is 10.0. The molecule has 0 saturated carbocycles. The molecule has 5 aromatic heterocycles. The summed E-state index contributed by atoms with van der Waals surface area (Å²) >= 11 is 0. The highest BCUT2D eigenvalue weighted by atomic mass is 19.1. The number of rotatable bonds is 5. The SMILES string of the molecule is CC(C)Nc1cncc(-c2cc(F)c3n[nH]c(-c4nc5nccc(-c6ccoc6)c5[nH]4)c3c2)c1. The molecular weight excluding hydrogens is 433 g/mol. The van der Waals surface area contributed by atoms with Crippen molar-refractivity contribution in [2.24, 2.45) is 0 Å². The second kappa shape index (κ2) is 7.80. The predicted molar refractivity (Wildman–Crippen MR) is 129 cm³/mol. The Morgan fingerprint density at radius 3 is 2.79 bits per heavy atom. The Kier molecular flexibility index (Phi) is 4.61. The molecule has 0 radical (unpaired) electrons. The van der Waals surface area contributed by atoms with Crippen LogP contribution in [0.1, 0.15) is 13.8 Å². The molecule has 9 heteroatoms. The molecule has 0 aliphatic carbocycles. The van der Waals surface area contributed by atoms with Crippen molar-refractivity contribution in [3.8, 4) is 33.8 Å². The zero-order chi connectivity index (χ0) is 23.2. The molecule has 0 unspecified atom stereocenters. The Bertz CT molecular complexity index is 1630. The van der Waals surface area contributed by atoms with Crippen molar-refractivity contribution in [1.29, 1.82) is 0 Å². The average molecular weight is 453 g/mol. The summed E-state index contributed by atoms with van der Waals surface area (Å²) in [5.41, 5.74) is 6.31. The molecule has 0 saturated heterocycles. The molecule has 3 N–H and O–H groups in total. The second-order valence-electron chi connectivity index (χ2n) is 8.37. The molecule has 0 aliphatic rings. The third-order valence-corrected chi connectivity index (χ3v) is 5.60. The van der Waals surface area contributed by atoms with Gasteiger partial charge in [0.1, 0.15) is 11.2 Å². The summed E-state index contributed by atoms with van der Waals surface area (Å²) < 4.78 is 20.3. The molecule has 0 amide bonds. The van der Waals surface area contributed by atoms with Gasteiger partial charge in [-0.05, 0) is 49.7 Å². The van der Waals surface area contributed by atoms with E-state index in [1.165, 1.54) is 6.07 Å². The number of nitrogens with zero attached hydrogens (tertiary/aromatic N) is 4. The number of aromatic nitrogens is 6. The van der Waals surface area contributed by atoms with E-state index in [1.54, 1.807) is 31.1 Å². The smallest absolute Gasteiger partial charge is 0.178 e. The lowest BCUT2D eigenvalue weighted by Crippen LogP contribution is -2.09. The molecule has 168 valence electrons. The Hall–Kier alpha value is -4.53. The minimum atomic E-state index is -0.425. The van der Waals surface area contributed by atoms with E-state index in [2.05, 4.69) is 49.3 Å². The van der Waals surface area contributed by atoms with E-state index < -0.39 is 5.82 Å². The van der Waals surface area contributed by atoms with Gasteiger partial charge in [-0.25, -0.2) is 14.4 Å². The van der Waals surface area contributed by atoms with Gasteiger partial charge in [0.2, 0.25) is 0 Å². The second-order valence-corrected chi connectivity index (χ2v) is 8.37. The Labute approximate surface area is 193 Å². The van der Waals surface area contributed by atoms with Gasteiger partial charge in [0.05, 0.1) is 23.7 Å². The molecule has 6 aromatic rings.